The van der Waals surface area contributed by atoms with Crippen LogP contribution in [0.15, 0.2) is 48.5 Å². The van der Waals surface area contributed by atoms with E-state index in [0.29, 0.717) is 23.6 Å². The number of amides is 1. The average Bonchev–Trinajstić information content (AvgIpc) is 3.43. The van der Waals surface area contributed by atoms with Crippen LogP contribution in [0.5, 0.6) is 0 Å². The number of halogens is 1. The summed E-state index contributed by atoms with van der Waals surface area (Å²) in [6.07, 6.45) is 2.42. The number of methoxy groups -OCH3 is 1. The van der Waals surface area contributed by atoms with Gasteiger partial charge in [0.15, 0.2) is 0 Å². The van der Waals surface area contributed by atoms with Crippen LogP contribution in [0.2, 0.25) is 5.02 Å². The van der Waals surface area contributed by atoms with Crippen LogP contribution in [0, 0.1) is 0 Å². The minimum Gasteiger partial charge on any atom is -0.465 e. The minimum atomic E-state index is -0.417. The van der Waals surface area contributed by atoms with Gasteiger partial charge in [-0.15, -0.1) is 0 Å². The SMILES string of the molecule is COC(=O)c1ccc(CCNC(=O)C2(c3cccc(Cl)c3)CC2)cc1. The van der Waals surface area contributed by atoms with Gasteiger partial charge in [-0.2, -0.15) is 0 Å². The van der Waals surface area contributed by atoms with Crippen molar-refractivity contribution < 1.29 is 14.3 Å². The first-order valence-electron chi connectivity index (χ1n) is 8.27. The third-order valence-corrected chi connectivity index (χ3v) is 4.87. The van der Waals surface area contributed by atoms with Crippen molar-refractivity contribution in [1.29, 1.82) is 0 Å². The number of carbonyl (C=O) groups excluding carboxylic acids is 2. The number of benzene rings is 2. The fourth-order valence-electron chi connectivity index (χ4n) is 2.97. The van der Waals surface area contributed by atoms with Crippen molar-refractivity contribution in [2.45, 2.75) is 24.7 Å². The number of nitrogens with one attached hydrogen (secondary N) is 1. The second-order valence-electron chi connectivity index (χ2n) is 6.29. The van der Waals surface area contributed by atoms with Gasteiger partial charge < -0.3 is 10.1 Å². The van der Waals surface area contributed by atoms with Crippen molar-refractivity contribution in [3.63, 3.8) is 0 Å². The van der Waals surface area contributed by atoms with Crippen molar-refractivity contribution in [3.05, 3.63) is 70.2 Å². The summed E-state index contributed by atoms with van der Waals surface area (Å²) in [5.74, 6) is -0.294. The Balaban J connectivity index is 1.55. The first-order chi connectivity index (χ1) is 12.0. The molecule has 130 valence electrons. The van der Waals surface area contributed by atoms with Gasteiger partial charge in [0, 0.05) is 11.6 Å². The zero-order valence-corrected chi connectivity index (χ0v) is 14.8. The van der Waals surface area contributed by atoms with Gasteiger partial charge >= 0.3 is 5.97 Å². The lowest BCUT2D eigenvalue weighted by atomic mass is 9.95. The van der Waals surface area contributed by atoms with Crippen molar-refractivity contribution in [2.24, 2.45) is 0 Å². The lowest BCUT2D eigenvalue weighted by molar-refractivity contribution is -0.123. The quantitative estimate of drug-likeness (QED) is 0.805. The molecule has 25 heavy (non-hydrogen) atoms. The van der Waals surface area contributed by atoms with Gasteiger partial charge in [-0.25, -0.2) is 4.79 Å². The van der Waals surface area contributed by atoms with Crippen molar-refractivity contribution >= 4 is 23.5 Å². The Morgan fingerprint density at radius 3 is 2.48 bits per heavy atom. The third kappa shape index (κ3) is 3.85. The molecule has 5 heteroatoms. The Morgan fingerprint density at radius 1 is 1.16 bits per heavy atom. The zero-order valence-electron chi connectivity index (χ0n) is 14.0. The van der Waals surface area contributed by atoms with E-state index in [9.17, 15) is 9.59 Å². The number of hydrogen-bond acceptors (Lipinski definition) is 3. The highest BCUT2D eigenvalue weighted by Gasteiger charge is 2.51. The van der Waals surface area contributed by atoms with E-state index in [4.69, 9.17) is 11.6 Å². The highest BCUT2D eigenvalue weighted by molar-refractivity contribution is 6.30. The number of hydrogen-bond donors (Lipinski definition) is 1. The molecule has 2 aromatic rings. The van der Waals surface area contributed by atoms with E-state index in [1.165, 1.54) is 7.11 Å². The summed E-state index contributed by atoms with van der Waals surface area (Å²) in [6.45, 7) is 0.554. The molecule has 0 spiro atoms. The molecule has 1 aliphatic rings. The molecular formula is C20H20ClNO3. The van der Waals surface area contributed by atoms with E-state index in [2.05, 4.69) is 10.1 Å². The number of ether oxygens (including phenoxy) is 1. The van der Waals surface area contributed by atoms with Gasteiger partial charge in [0.25, 0.3) is 0 Å². The van der Waals surface area contributed by atoms with Gasteiger partial charge in [-0.05, 0) is 54.7 Å². The van der Waals surface area contributed by atoms with E-state index in [-0.39, 0.29) is 11.9 Å². The molecule has 0 unspecified atom stereocenters. The molecule has 2 aromatic carbocycles. The Kier molecular flexibility index (Phi) is 5.09. The van der Waals surface area contributed by atoms with Crippen LogP contribution in [-0.2, 0) is 21.4 Å². The first-order valence-corrected chi connectivity index (χ1v) is 8.64. The molecule has 0 bridgehead atoms. The fraction of sp³-hybridized carbons (Fsp3) is 0.300. The second-order valence-corrected chi connectivity index (χ2v) is 6.72. The molecule has 0 heterocycles. The fourth-order valence-corrected chi connectivity index (χ4v) is 3.16. The maximum absolute atomic E-state index is 12.6. The van der Waals surface area contributed by atoms with Crippen LogP contribution >= 0.6 is 11.6 Å². The van der Waals surface area contributed by atoms with Gasteiger partial charge in [-0.1, -0.05) is 35.9 Å². The van der Waals surface area contributed by atoms with E-state index >= 15 is 0 Å². The van der Waals surface area contributed by atoms with E-state index < -0.39 is 5.41 Å². The number of esters is 1. The molecule has 0 aromatic heterocycles. The lowest BCUT2D eigenvalue weighted by Crippen LogP contribution is -2.35. The molecule has 3 rings (SSSR count). The van der Waals surface area contributed by atoms with Gasteiger partial charge in [0.1, 0.15) is 0 Å². The molecule has 1 aliphatic carbocycles. The molecule has 0 atom stereocenters. The molecule has 0 radical (unpaired) electrons. The van der Waals surface area contributed by atoms with Crippen LogP contribution < -0.4 is 5.32 Å². The van der Waals surface area contributed by atoms with Crippen LogP contribution in [0.4, 0.5) is 0 Å². The highest BCUT2D eigenvalue weighted by Crippen LogP contribution is 2.48. The molecule has 1 saturated carbocycles. The average molecular weight is 358 g/mol. The molecule has 1 fully saturated rings. The number of carbonyl (C=O) groups is 2. The normalized spacial score (nSPS) is 14.6. The predicted molar refractivity (Wildman–Crippen MR) is 96.9 cm³/mol. The van der Waals surface area contributed by atoms with Gasteiger partial charge in [0.2, 0.25) is 5.91 Å². The Morgan fingerprint density at radius 2 is 1.88 bits per heavy atom. The zero-order chi connectivity index (χ0) is 17.9. The van der Waals surface area contributed by atoms with E-state index in [0.717, 1.165) is 24.0 Å². The second kappa shape index (κ2) is 7.28. The Labute approximate surface area is 152 Å². The van der Waals surface area contributed by atoms with Crippen LogP contribution in [-0.4, -0.2) is 25.5 Å². The van der Waals surface area contributed by atoms with E-state index in [1.54, 1.807) is 12.1 Å². The van der Waals surface area contributed by atoms with Crippen LogP contribution in [0.25, 0.3) is 0 Å². The standard InChI is InChI=1S/C20H20ClNO3/c1-25-18(23)15-7-5-14(6-8-15)9-12-22-19(24)20(10-11-20)16-3-2-4-17(21)13-16/h2-8,13H,9-12H2,1H3,(H,22,24). The van der Waals surface area contributed by atoms with Crippen molar-refractivity contribution in [1.82, 2.24) is 5.32 Å². The summed E-state index contributed by atoms with van der Waals surface area (Å²) >= 11 is 6.05. The summed E-state index contributed by atoms with van der Waals surface area (Å²) in [5, 5.41) is 3.68. The molecule has 4 nitrogen and oxygen atoms in total. The monoisotopic (exact) mass is 357 g/mol. The lowest BCUT2D eigenvalue weighted by Gasteiger charge is -2.16. The van der Waals surface area contributed by atoms with E-state index in [1.807, 2.05) is 36.4 Å². The molecule has 1 amide bonds. The Bertz CT molecular complexity index is 782. The van der Waals surface area contributed by atoms with Gasteiger partial charge in [-0.3, -0.25) is 4.79 Å². The largest absolute Gasteiger partial charge is 0.465 e. The first kappa shape index (κ1) is 17.5. The van der Waals surface area contributed by atoms with Crippen molar-refractivity contribution in [3.8, 4) is 0 Å². The summed E-state index contributed by atoms with van der Waals surface area (Å²) in [4.78, 5) is 24.0. The third-order valence-electron chi connectivity index (χ3n) is 4.64. The summed E-state index contributed by atoms with van der Waals surface area (Å²) < 4.78 is 4.68. The molecular weight excluding hydrogens is 338 g/mol. The topological polar surface area (TPSA) is 55.4 Å². The van der Waals surface area contributed by atoms with Crippen molar-refractivity contribution in [2.75, 3.05) is 13.7 Å². The van der Waals surface area contributed by atoms with Crippen LogP contribution in [0.1, 0.15) is 34.3 Å². The highest BCUT2D eigenvalue weighted by atomic mass is 35.5. The Hall–Kier alpha value is -2.33. The maximum Gasteiger partial charge on any atom is 0.337 e. The summed E-state index contributed by atoms with van der Waals surface area (Å²) in [6, 6.07) is 14.8. The molecule has 0 aliphatic heterocycles. The molecule has 0 saturated heterocycles. The van der Waals surface area contributed by atoms with Gasteiger partial charge in [0.05, 0.1) is 18.1 Å². The molecule has 1 N–H and O–H groups in total. The summed E-state index contributed by atoms with van der Waals surface area (Å²) in [7, 11) is 1.36. The van der Waals surface area contributed by atoms with Crippen LogP contribution in [0.3, 0.4) is 0 Å². The summed E-state index contributed by atoms with van der Waals surface area (Å²) in [5.41, 5.74) is 2.15. The number of rotatable bonds is 6. The maximum atomic E-state index is 12.6. The predicted octanol–water partition coefficient (Wildman–Crippen LogP) is 3.52. The minimum absolute atomic E-state index is 0.0564. The smallest absolute Gasteiger partial charge is 0.337 e.